The molecule has 1 aromatic carbocycles. The molecule has 0 atom stereocenters. The summed E-state index contributed by atoms with van der Waals surface area (Å²) in [5.41, 5.74) is 2.12. The van der Waals surface area contributed by atoms with Gasteiger partial charge in [-0.15, -0.1) is 11.3 Å². The number of rotatable bonds is 4. The third-order valence-electron chi connectivity index (χ3n) is 5.28. The first-order chi connectivity index (χ1) is 13.5. The van der Waals surface area contributed by atoms with E-state index >= 15 is 0 Å². The van der Waals surface area contributed by atoms with Gasteiger partial charge < -0.3 is 10.2 Å². The van der Waals surface area contributed by atoms with Crippen LogP contribution in [0.1, 0.15) is 40.7 Å². The summed E-state index contributed by atoms with van der Waals surface area (Å²) >= 11 is 1.49. The second-order valence-electron chi connectivity index (χ2n) is 7.31. The average Bonchev–Trinajstić information content (AvgIpc) is 3.25. The van der Waals surface area contributed by atoms with E-state index in [9.17, 15) is 9.59 Å². The van der Waals surface area contributed by atoms with Gasteiger partial charge in [0.05, 0.1) is 17.1 Å². The van der Waals surface area contributed by atoms with Gasteiger partial charge in [-0.3, -0.25) is 14.3 Å². The number of fused-ring (bicyclic) bond motifs is 1. The van der Waals surface area contributed by atoms with Gasteiger partial charge in [0.1, 0.15) is 4.83 Å². The zero-order chi connectivity index (χ0) is 19.7. The lowest BCUT2D eigenvalue weighted by molar-refractivity contribution is -0.129. The average molecular weight is 397 g/mol. The molecule has 4 rings (SSSR count). The second-order valence-corrected chi connectivity index (χ2v) is 8.34. The Kier molecular flexibility index (Phi) is 5.17. The molecule has 0 saturated carbocycles. The fourth-order valence-electron chi connectivity index (χ4n) is 3.68. The van der Waals surface area contributed by atoms with E-state index in [1.54, 1.807) is 6.92 Å². The summed E-state index contributed by atoms with van der Waals surface area (Å²) in [4.78, 5) is 27.8. The van der Waals surface area contributed by atoms with E-state index in [1.807, 2.05) is 40.8 Å². The topological polar surface area (TPSA) is 67.2 Å². The number of aryl methyl sites for hydroxylation is 1. The van der Waals surface area contributed by atoms with Crippen molar-refractivity contribution in [2.75, 3.05) is 13.1 Å². The zero-order valence-corrected chi connectivity index (χ0v) is 17.0. The summed E-state index contributed by atoms with van der Waals surface area (Å²) in [6, 6.07) is 12.3. The maximum atomic E-state index is 12.8. The van der Waals surface area contributed by atoms with Gasteiger partial charge in [0.25, 0.3) is 5.91 Å². The first-order valence-electron chi connectivity index (χ1n) is 9.58. The Labute approximate surface area is 168 Å². The molecule has 1 fully saturated rings. The van der Waals surface area contributed by atoms with Crippen molar-refractivity contribution in [2.45, 2.75) is 39.3 Å². The molecule has 6 nitrogen and oxygen atoms in total. The molecule has 1 aliphatic rings. The molecule has 0 radical (unpaired) electrons. The lowest BCUT2D eigenvalue weighted by Gasteiger charge is -2.31. The van der Waals surface area contributed by atoms with E-state index in [1.165, 1.54) is 16.9 Å². The van der Waals surface area contributed by atoms with Crippen molar-refractivity contribution in [3.8, 4) is 0 Å². The van der Waals surface area contributed by atoms with Crippen LogP contribution in [0.4, 0.5) is 0 Å². The molecule has 146 valence electrons. The molecule has 1 saturated heterocycles. The standard InChI is InChI=1S/C21H24N4O2S/c1-14-18-12-19(20(27)22-17-8-10-24(11-9-17)15(2)26)28-21(18)25(23-14)13-16-6-4-3-5-7-16/h3-7,12,17H,8-11,13H2,1-2H3,(H,22,27). The maximum absolute atomic E-state index is 12.8. The van der Waals surface area contributed by atoms with Crippen LogP contribution >= 0.6 is 11.3 Å². The molecule has 0 unspecified atom stereocenters. The van der Waals surface area contributed by atoms with Gasteiger partial charge in [-0.2, -0.15) is 5.10 Å². The molecule has 28 heavy (non-hydrogen) atoms. The Bertz CT molecular complexity index is 1000. The van der Waals surface area contributed by atoms with Crippen LogP contribution in [0.3, 0.4) is 0 Å². The molecule has 1 aliphatic heterocycles. The number of aromatic nitrogens is 2. The Morgan fingerprint density at radius 1 is 1.21 bits per heavy atom. The molecule has 0 spiro atoms. The van der Waals surface area contributed by atoms with Crippen molar-refractivity contribution in [3.63, 3.8) is 0 Å². The van der Waals surface area contributed by atoms with Gasteiger partial charge in [-0.25, -0.2) is 0 Å². The molecular formula is C21H24N4O2S. The van der Waals surface area contributed by atoms with Crippen molar-refractivity contribution in [3.05, 3.63) is 52.5 Å². The second kappa shape index (κ2) is 7.75. The maximum Gasteiger partial charge on any atom is 0.261 e. The number of amides is 2. The minimum atomic E-state index is -0.0341. The van der Waals surface area contributed by atoms with Gasteiger partial charge in [-0.1, -0.05) is 30.3 Å². The van der Waals surface area contributed by atoms with E-state index in [2.05, 4.69) is 22.5 Å². The van der Waals surface area contributed by atoms with Gasteiger partial charge in [-0.05, 0) is 31.4 Å². The highest BCUT2D eigenvalue weighted by molar-refractivity contribution is 7.20. The van der Waals surface area contributed by atoms with E-state index in [0.717, 1.165) is 28.8 Å². The predicted octanol–water partition coefficient (Wildman–Crippen LogP) is 3.20. The van der Waals surface area contributed by atoms with Crippen molar-refractivity contribution in [1.29, 1.82) is 0 Å². The first kappa shape index (κ1) is 18.7. The third kappa shape index (κ3) is 3.80. The van der Waals surface area contributed by atoms with Gasteiger partial charge in [0.15, 0.2) is 0 Å². The number of nitrogens with one attached hydrogen (secondary N) is 1. The summed E-state index contributed by atoms with van der Waals surface area (Å²) in [6.45, 7) is 5.68. The van der Waals surface area contributed by atoms with Crippen LogP contribution < -0.4 is 5.32 Å². The number of carbonyl (C=O) groups is 2. The minimum absolute atomic E-state index is 0.0341. The van der Waals surface area contributed by atoms with Gasteiger partial charge in [0, 0.05) is 31.4 Å². The van der Waals surface area contributed by atoms with E-state index < -0.39 is 0 Å². The van der Waals surface area contributed by atoms with Crippen molar-refractivity contribution in [1.82, 2.24) is 20.0 Å². The van der Waals surface area contributed by atoms with Crippen molar-refractivity contribution in [2.24, 2.45) is 0 Å². The SMILES string of the molecule is CC(=O)N1CCC(NC(=O)c2cc3c(C)nn(Cc4ccccc4)c3s2)CC1. The van der Waals surface area contributed by atoms with E-state index in [-0.39, 0.29) is 17.9 Å². The number of carbonyl (C=O) groups excluding carboxylic acids is 2. The Morgan fingerprint density at radius 3 is 2.61 bits per heavy atom. The molecule has 2 aromatic heterocycles. The van der Waals surface area contributed by atoms with Crippen molar-refractivity contribution >= 4 is 33.4 Å². The highest BCUT2D eigenvalue weighted by Crippen LogP contribution is 2.29. The van der Waals surface area contributed by atoms with Crippen LogP contribution in [0.15, 0.2) is 36.4 Å². The minimum Gasteiger partial charge on any atom is -0.348 e. The largest absolute Gasteiger partial charge is 0.348 e. The summed E-state index contributed by atoms with van der Waals surface area (Å²) in [7, 11) is 0. The number of benzene rings is 1. The number of nitrogens with zero attached hydrogens (tertiary/aromatic N) is 3. The quantitative estimate of drug-likeness (QED) is 0.736. The molecule has 0 bridgehead atoms. The highest BCUT2D eigenvalue weighted by Gasteiger charge is 2.24. The monoisotopic (exact) mass is 396 g/mol. The van der Waals surface area contributed by atoms with Crippen LogP contribution in [0.5, 0.6) is 0 Å². The fourth-order valence-corrected chi connectivity index (χ4v) is 4.75. The highest BCUT2D eigenvalue weighted by atomic mass is 32.1. The molecule has 3 aromatic rings. The number of hydrogen-bond donors (Lipinski definition) is 1. The summed E-state index contributed by atoms with van der Waals surface area (Å²) in [5, 5.41) is 8.82. The molecular weight excluding hydrogens is 372 g/mol. The van der Waals surface area contributed by atoms with Gasteiger partial charge >= 0.3 is 0 Å². The third-order valence-corrected chi connectivity index (χ3v) is 6.43. The first-order valence-corrected chi connectivity index (χ1v) is 10.4. The summed E-state index contributed by atoms with van der Waals surface area (Å²) < 4.78 is 1.98. The fraction of sp³-hybridized carbons (Fsp3) is 0.381. The molecule has 3 heterocycles. The Morgan fingerprint density at radius 2 is 1.93 bits per heavy atom. The number of hydrogen-bond acceptors (Lipinski definition) is 4. The van der Waals surface area contributed by atoms with Gasteiger partial charge in [0.2, 0.25) is 5.91 Å². The van der Waals surface area contributed by atoms with Crippen LogP contribution in [-0.4, -0.2) is 45.6 Å². The molecule has 2 amide bonds. The number of likely N-dealkylation sites (tertiary alicyclic amines) is 1. The molecule has 7 heteroatoms. The van der Waals surface area contributed by atoms with Crippen LogP contribution in [0.2, 0.25) is 0 Å². The number of piperidine rings is 1. The summed E-state index contributed by atoms with van der Waals surface area (Å²) in [5.74, 6) is 0.0702. The summed E-state index contributed by atoms with van der Waals surface area (Å²) in [6.07, 6.45) is 1.61. The van der Waals surface area contributed by atoms with E-state index in [4.69, 9.17) is 0 Å². The normalized spacial score (nSPS) is 15.1. The lowest BCUT2D eigenvalue weighted by atomic mass is 10.0. The molecule has 1 N–H and O–H groups in total. The predicted molar refractivity (Wildman–Crippen MR) is 111 cm³/mol. The Hall–Kier alpha value is -2.67. The zero-order valence-electron chi connectivity index (χ0n) is 16.1. The number of thiophene rings is 1. The molecule has 0 aliphatic carbocycles. The van der Waals surface area contributed by atoms with Crippen LogP contribution in [0, 0.1) is 6.92 Å². The van der Waals surface area contributed by atoms with E-state index in [0.29, 0.717) is 24.5 Å². The van der Waals surface area contributed by atoms with Crippen LogP contribution in [0.25, 0.3) is 10.2 Å². The van der Waals surface area contributed by atoms with Crippen LogP contribution in [-0.2, 0) is 11.3 Å². The van der Waals surface area contributed by atoms with Crippen molar-refractivity contribution < 1.29 is 9.59 Å². The Balaban J connectivity index is 1.48. The lowest BCUT2D eigenvalue weighted by Crippen LogP contribution is -2.45. The smallest absolute Gasteiger partial charge is 0.261 e.